The van der Waals surface area contributed by atoms with Crippen molar-refractivity contribution in [1.82, 2.24) is 83.4 Å². The average Bonchev–Trinajstić information content (AvgIpc) is 3.69. The van der Waals surface area contributed by atoms with Crippen LogP contribution < -0.4 is 5.56 Å². The highest BCUT2D eigenvalue weighted by Crippen LogP contribution is 2.15. The second kappa shape index (κ2) is 37.4. The molecule has 0 saturated heterocycles. The molecule has 0 spiro atoms. The maximum absolute atomic E-state index is 10.6. The molecule has 0 aliphatic heterocycles. The topological polar surface area (TPSA) is 214 Å². The minimum atomic E-state index is 0.0347. The van der Waals surface area contributed by atoms with E-state index in [1.54, 1.807) is 48.7 Å². The average molecular weight is 1210 g/mol. The molecule has 0 radical (unpaired) electrons. The van der Waals surface area contributed by atoms with E-state index in [4.69, 9.17) is 0 Å². The van der Waals surface area contributed by atoms with Gasteiger partial charge in [0.1, 0.15) is 12.2 Å². The van der Waals surface area contributed by atoms with Crippen LogP contribution in [0.3, 0.4) is 0 Å². The van der Waals surface area contributed by atoms with Gasteiger partial charge >= 0.3 is 0 Å². The number of aryl methyl sites for hydroxylation is 19. The zero-order valence-corrected chi connectivity index (χ0v) is 56.2. The molecule has 0 aliphatic rings. The number of aromatic amines is 1. The second-order valence-corrected chi connectivity index (χ2v) is 21.5. The van der Waals surface area contributed by atoms with E-state index in [-0.39, 0.29) is 5.56 Å². The Hall–Kier alpha value is -10.4. The van der Waals surface area contributed by atoms with E-state index in [9.17, 15) is 4.79 Å². The van der Waals surface area contributed by atoms with E-state index in [1.165, 1.54) is 60.5 Å². The number of rotatable bonds is 0. The Labute approximate surface area is 531 Å². The van der Waals surface area contributed by atoms with Gasteiger partial charge in [-0.25, -0.2) is 44.4 Å². The molecule has 18 nitrogen and oxygen atoms in total. The highest BCUT2D eigenvalue weighted by molar-refractivity contribution is 5.83. The van der Waals surface area contributed by atoms with E-state index in [2.05, 4.69) is 136 Å². The zero-order valence-electron chi connectivity index (χ0n) is 56.2. The number of pyridine rings is 5. The molecule has 13 rings (SSSR count). The quantitative estimate of drug-likeness (QED) is 0.150. The van der Waals surface area contributed by atoms with Crippen molar-refractivity contribution in [3.63, 3.8) is 0 Å². The molecule has 0 atom stereocenters. The van der Waals surface area contributed by atoms with Crippen molar-refractivity contribution in [1.29, 1.82) is 0 Å². The Morgan fingerprint density at radius 1 is 0.422 bits per heavy atom. The SMILES string of the molecule is Cc1c[nH]c(C)c1C.Cc1cc(C)nc(C)n1.Cc1cc(C)ncn1.Cc1cccnc1.Cc1cccnc1C.Cc1ccn2c(C)cnc2n1.Cc1cnc(C)c(C)c1.Cc1cnn2c(C)cnc2n1.Cc1nccc2ccccc12.Cn1ccccc1=O. The van der Waals surface area contributed by atoms with E-state index in [0.717, 1.165) is 74.2 Å². The number of nitrogens with one attached hydrogen (secondary N) is 1. The Balaban J connectivity index is 0.000000214. The zero-order chi connectivity index (χ0) is 66.3. The van der Waals surface area contributed by atoms with Crippen LogP contribution in [0, 0.1) is 132 Å². The van der Waals surface area contributed by atoms with Crippen LogP contribution >= 0.6 is 0 Å². The van der Waals surface area contributed by atoms with Gasteiger partial charge in [0, 0.05) is 125 Å². The molecule has 90 heavy (non-hydrogen) atoms. The summed E-state index contributed by atoms with van der Waals surface area (Å²) < 4.78 is 5.21. The van der Waals surface area contributed by atoms with E-state index in [1.807, 2.05) is 198 Å². The van der Waals surface area contributed by atoms with Gasteiger partial charge in [0.05, 0.1) is 30.0 Å². The van der Waals surface area contributed by atoms with Crippen LogP contribution in [-0.2, 0) is 7.05 Å². The molecule has 12 heterocycles. The summed E-state index contributed by atoms with van der Waals surface area (Å²) in [6, 6.07) is 31.4. The lowest BCUT2D eigenvalue weighted by Gasteiger charge is -1.97. The lowest BCUT2D eigenvalue weighted by atomic mass is 10.1. The van der Waals surface area contributed by atoms with Gasteiger partial charge in [0.25, 0.3) is 5.78 Å². The largest absolute Gasteiger partial charge is 0.365 e. The van der Waals surface area contributed by atoms with Crippen molar-refractivity contribution >= 4 is 22.3 Å². The molecular formula is C72H89N17O. The minimum absolute atomic E-state index is 0.0347. The number of aromatic nitrogens is 17. The molecule has 13 aromatic rings. The minimum Gasteiger partial charge on any atom is -0.365 e. The lowest BCUT2D eigenvalue weighted by molar-refractivity contribution is 0.858. The summed E-state index contributed by atoms with van der Waals surface area (Å²) in [5.41, 5.74) is 20.5. The van der Waals surface area contributed by atoms with Gasteiger partial charge in [-0.15, -0.1) is 0 Å². The predicted octanol–water partition coefficient (Wildman–Crippen LogP) is 14.5. The molecule has 0 bridgehead atoms. The Morgan fingerprint density at radius 3 is 1.54 bits per heavy atom. The molecule has 0 aliphatic carbocycles. The van der Waals surface area contributed by atoms with Crippen molar-refractivity contribution < 1.29 is 0 Å². The second-order valence-electron chi connectivity index (χ2n) is 21.5. The molecule has 0 unspecified atom stereocenters. The number of benzene rings is 1. The molecular weight excluding hydrogens is 1120 g/mol. The standard InChI is InChI=1S/C10H9N.C8H9N3.C8H11N.C7H8N4.C7H10N2.C7H11N.C7H9N.C6H8N2.C6H7NO.C6H7N/c1-8-10-5-3-2-4-9(10)6-7-11-8;1-6-3-4-11-7(2)5-9-8(11)10-6;1-6-4-7(2)8(3)9-5-6;1-5-3-9-11-6(2)4-8-7(11)10-5;1-5-4-6(2)9-7(3)8-5;1-5-4-8-7(3)6(5)2;1-6-4-3-5-8-7(6)2;1-5-3-6(2)8-4-7-5;1-7-5-3-2-4-6(7)8;1-6-3-2-4-7-5-6/h2-7H,1H3;3-5H,1-2H3;4-5H,1-3H3;3-4H,1-2H3;4H,1-3H3;4,8H,1-3H3;3-5H,1-2H3;3-4H,1-2H3;2-5H,1H3;2-5H,1H3. The molecule has 18 heteroatoms. The molecule has 12 aromatic heterocycles. The third kappa shape index (κ3) is 25.9. The third-order valence-electron chi connectivity index (χ3n) is 13.4. The summed E-state index contributed by atoms with van der Waals surface area (Å²) in [5.74, 6) is 2.30. The fraction of sp³-hybridized carbons (Fsp3) is 0.278. The third-order valence-corrected chi connectivity index (χ3v) is 13.4. The summed E-state index contributed by atoms with van der Waals surface area (Å²) in [7, 11) is 1.72. The smallest absolute Gasteiger partial charge is 0.251 e. The van der Waals surface area contributed by atoms with Crippen LogP contribution in [0.4, 0.5) is 0 Å². The van der Waals surface area contributed by atoms with Gasteiger partial charge in [0.2, 0.25) is 11.3 Å². The molecule has 468 valence electrons. The first-order valence-corrected chi connectivity index (χ1v) is 29.4. The van der Waals surface area contributed by atoms with Crippen molar-refractivity contribution in [3.8, 4) is 0 Å². The highest BCUT2D eigenvalue weighted by Gasteiger charge is 2.01. The first-order valence-electron chi connectivity index (χ1n) is 29.4. The molecule has 0 fully saturated rings. The fourth-order valence-electron chi connectivity index (χ4n) is 7.84. The molecule has 1 N–H and O–H groups in total. The van der Waals surface area contributed by atoms with E-state index < -0.39 is 0 Å². The van der Waals surface area contributed by atoms with Gasteiger partial charge < -0.3 is 9.55 Å². The van der Waals surface area contributed by atoms with Crippen LogP contribution in [0.25, 0.3) is 22.3 Å². The summed E-state index contributed by atoms with van der Waals surface area (Å²) in [5, 5.41) is 6.64. The Bertz CT molecular complexity index is 4130. The first-order chi connectivity index (χ1) is 42.8. The number of hydrogen-bond acceptors (Lipinski definition) is 14. The molecule has 0 saturated carbocycles. The van der Waals surface area contributed by atoms with Gasteiger partial charge in [0.15, 0.2) is 0 Å². The predicted molar refractivity (Wildman–Crippen MR) is 365 cm³/mol. The van der Waals surface area contributed by atoms with E-state index >= 15 is 0 Å². The van der Waals surface area contributed by atoms with Gasteiger partial charge in [-0.3, -0.25) is 29.1 Å². The summed E-state index contributed by atoms with van der Waals surface area (Å²) in [4.78, 5) is 62.8. The Kier molecular flexibility index (Phi) is 29.9. The fourth-order valence-corrected chi connectivity index (χ4v) is 7.84. The van der Waals surface area contributed by atoms with Crippen LogP contribution in [0.2, 0.25) is 0 Å². The summed E-state index contributed by atoms with van der Waals surface area (Å²) in [6.45, 7) is 38.2. The molecule has 0 amide bonds. The van der Waals surface area contributed by atoms with Gasteiger partial charge in [-0.2, -0.15) is 5.10 Å². The lowest BCUT2D eigenvalue weighted by Crippen LogP contribution is -2.12. The summed E-state index contributed by atoms with van der Waals surface area (Å²) in [6.07, 6.45) is 21.8. The number of imidazole rings is 2. The van der Waals surface area contributed by atoms with Crippen LogP contribution in [0.5, 0.6) is 0 Å². The maximum atomic E-state index is 10.6. The monoisotopic (exact) mass is 1210 g/mol. The number of fused-ring (bicyclic) bond motifs is 3. The number of H-pyrrole nitrogens is 1. The van der Waals surface area contributed by atoms with E-state index in [0.29, 0.717) is 5.78 Å². The Morgan fingerprint density at radius 2 is 1.04 bits per heavy atom. The normalized spacial score (nSPS) is 9.82. The van der Waals surface area contributed by atoms with Crippen LogP contribution in [0.15, 0.2) is 176 Å². The van der Waals surface area contributed by atoms with Gasteiger partial charge in [-0.05, 0) is 213 Å². The maximum Gasteiger partial charge on any atom is 0.251 e. The van der Waals surface area contributed by atoms with Crippen molar-refractivity contribution in [3.05, 3.63) is 289 Å². The summed E-state index contributed by atoms with van der Waals surface area (Å²) >= 11 is 0. The first kappa shape index (κ1) is 72.1. The molecule has 1 aromatic carbocycles. The van der Waals surface area contributed by atoms with Crippen molar-refractivity contribution in [2.45, 2.75) is 132 Å². The van der Waals surface area contributed by atoms with Crippen molar-refractivity contribution in [2.75, 3.05) is 0 Å². The van der Waals surface area contributed by atoms with Crippen LogP contribution in [0.1, 0.15) is 108 Å². The van der Waals surface area contributed by atoms with Crippen LogP contribution in [-0.4, -0.2) is 83.4 Å². The van der Waals surface area contributed by atoms with Crippen molar-refractivity contribution in [2.24, 2.45) is 7.05 Å². The number of hydrogen-bond donors (Lipinski definition) is 1. The number of nitrogens with zero attached hydrogens (tertiary/aromatic N) is 16. The highest BCUT2D eigenvalue weighted by atomic mass is 16.1. The van der Waals surface area contributed by atoms with Gasteiger partial charge in [-0.1, -0.05) is 48.5 Å².